The maximum absolute atomic E-state index is 13.1. The second-order valence-electron chi connectivity index (χ2n) is 6.89. The van der Waals surface area contributed by atoms with Crippen molar-refractivity contribution in [2.24, 2.45) is 5.41 Å². The number of aliphatic hydroxyl groups excluding tert-OH is 1. The van der Waals surface area contributed by atoms with Crippen LogP contribution in [0, 0.1) is 25.1 Å². The SMILES string of the molecule is Cc1ncnc(N2CCCC(CO)(Cc3ccc(F)cc3)C2)c1C. The fourth-order valence-corrected chi connectivity index (χ4v) is 3.60. The molecule has 0 spiro atoms. The number of halogens is 1. The summed E-state index contributed by atoms with van der Waals surface area (Å²) in [6, 6.07) is 6.59. The van der Waals surface area contributed by atoms with Crippen LogP contribution in [0.1, 0.15) is 29.7 Å². The lowest BCUT2D eigenvalue weighted by Crippen LogP contribution is -2.47. The number of piperidine rings is 1. The van der Waals surface area contributed by atoms with Gasteiger partial charge in [0.2, 0.25) is 0 Å². The van der Waals surface area contributed by atoms with Crippen LogP contribution in [0.5, 0.6) is 0 Å². The van der Waals surface area contributed by atoms with Crippen LogP contribution >= 0.6 is 0 Å². The summed E-state index contributed by atoms with van der Waals surface area (Å²) < 4.78 is 13.1. The van der Waals surface area contributed by atoms with Crippen molar-refractivity contribution in [3.8, 4) is 0 Å². The van der Waals surface area contributed by atoms with Gasteiger partial charge in [0.25, 0.3) is 0 Å². The molecule has 0 bridgehead atoms. The van der Waals surface area contributed by atoms with E-state index in [9.17, 15) is 9.50 Å². The number of benzene rings is 1. The maximum Gasteiger partial charge on any atom is 0.135 e. The van der Waals surface area contributed by atoms with E-state index in [1.165, 1.54) is 12.1 Å². The van der Waals surface area contributed by atoms with Crippen molar-refractivity contribution in [2.45, 2.75) is 33.1 Å². The molecule has 1 fully saturated rings. The molecular formula is C19H24FN3O. The predicted octanol–water partition coefficient (Wildman–Crippen LogP) is 3.05. The monoisotopic (exact) mass is 329 g/mol. The molecule has 5 heteroatoms. The van der Waals surface area contributed by atoms with E-state index in [2.05, 4.69) is 14.9 Å². The summed E-state index contributed by atoms with van der Waals surface area (Å²) in [4.78, 5) is 11.0. The zero-order chi connectivity index (χ0) is 17.2. The van der Waals surface area contributed by atoms with Crippen molar-refractivity contribution >= 4 is 5.82 Å². The first-order chi connectivity index (χ1) is 11.5. The van der Waals surface area contributed by atoms with Crippen LogP contribution in [-0.2, 0) is 6.42 Å². The van der Waals surface area contributed by atoms with Crippen molar-refractivity contribution in [3.05, 3.63) is 53.2 Å². The number of hydrogen-bond acceptors (Lipinski definition) is 4. The lowest BCUT2D eigenvalue weighted by Gasteiger charge is -2.43. The smallest absolute Gasteiger partial charge is 0.135 e. The largest absolute Gasteiger partial charge is 0.396 e. The zero-order valence-electron chi connectivity index (χ0n) is 14.3. The molecule has 0 amide bonds. The van der Waals surface area contributed by atoms with Gasteiger partial charge in [-0.25, -0.2) is 14.4 Å². The van der Waals surface area contributed by atoms with E-state index in [-0.39, 0.29) is 17.8 Å². The highest BCUT2D eigenvalue weighted by Gasteiger charge is 2.36. The van der Waals surface area contributed by atoms with Gasteiger partial charge in [-0.1, -0.05) is 12.1 Å². The first kappa shape index (κ1) is 16.8. The molecule has 2 heterocycles. The Kier molecular flexibility index (Phi) is 4.81. The molecule has 1 N–H and O–H groups in total. The summed E-state index contributed by atoms with van der Waals surface area (Å²) in [5.74, 6) is 0.730. The third-order valence-corrected chi connectivity index (χ3v) is 5.10. The van der Waals surface area contributed by atoms with Crippen LogP contribution in [0.15, 0.2) is 30.6 Å². The molecule has 1 aromatic heterocycles. The Morgan fingerprint density at radius 3 is 2.67 bits per heavy atom. The normalized spacial score (nSPS) is 21.1. The molecule has 2 aromatic rings. The van der Waals surface area contributed by atoms with E-state index >= 15 is 0 Å². The van der Waals surface area contributed by atoms with Gasteiger partial charge in [0, 0.05) is 29.8 Å². The number of anilines is 1. The highest BCUT2D eigenvalue weighted by molar-refractivity contribution is 5.48. The van der Waals surface area contributed by atoms with Gasteiger partial charge in [0.05, 0.1) is 6.61 Å². The van der Waals surface area contributed by atoms with Gasteiger partial charge in [-0.3, -0.25) is 0 Å². The minimum absolute atomic E-state index is 0.115. The molecule has 4 nitrogen and oxygen atoms in total. The molecule has 128 valence electrons. The van der Waals surface area contributed by atoms with E-state index < -0.39 is 0 Å². The lowest BCUT2D eigenvalue weighted by atomic mass is 9.75. The maximum atomic E-state index is 13.1. The first-order valence-corrected chi connectivity index (χ1v) is 8.41. The Morgan fingerprint density at radius 1 is 1.21 bits per heavy atom. The average molecular weight is 329 g/mol. The molecule has 1 atom stereocenters. The Hall–Kier alpha value is -2.01. The van der Waals surface area contributed by atoms with E-state index in [4.69, 9.17) is 0 Å². The Balaban J connectivity index is 1.83. The Morgan fingerprint density at radius 2 is 1.96 bits per heavy atom. The summed E-state index contributed by atoms with van der Waals surface area (Å²) in [6.45, 7) is 5.83. The fourth-order valence-electron chi connectivity index (χ4n) is 3.60. The Bertz CT molecular complexity index is 704. The lowest BCUT2D eigenvalue weighted by molar-refractivity contribution is 0.105. The molecule has 3 rings (SSSR count). The highest BCUT2D eigenvalue weighted by Crippen LogP contribution is 2.36. The third kappa shape index (κ3) is 3.41. The van der Waals surface area contributed by atoms with Crippen molar-refractivity contribution in [2.75, 3.05) is 24.6 Å². The second kappa shape index (κ2) is 6.85. The summed E-state index contributed by atoms with van der Waals surface area (Å²) in [7, 11) is 0. The van der Waals surface area contributed by atoms with Crippen LogP contribution in [-0.4, -0.2) is 34.8 Å². The van der Waals surface area contributed by atoms with Gasteiger partial charge in [0.15, 0.2) is 0 Å². The molecular weight excluding hydrogens is 305 g/mol. The number of rotatable bonds is 4. The van der Waals surface area contributed by atoms with E-state index in [0.29, 0.717) is 0 Å². The first-order valence-electron chi connectivity index (χ1n) is 8.41. The van der Waals surface area contributed by atoms with Gasteiger partial charge in [0.1, 0.15) is 18.0 Å². The van der Waals surface area contributed by atoms with Crippen LogP contribution in [0.4, 0.5) is 10.2 Å². The van der Waals surface area contributed by atoms with E-state index in [0.717, 1.165) is 55.0 Å². The molecule has 1 unspecified atom stereocenters. The topological polar surface area (TPSA) is 49.2 Å². The Labute approximate surface area is 142 Å². The third-order valence-electron chi connectivity index (χ3n) is 5.10. The zero-order valence-corrected chi connectivity index (χ0v) is 14.3. The van der Waals surface area contributed by atoms with Crippen molar-refractivity contribution in [1.82, 2.24) is 9.97 Å². The molecule has 0 saturated carbocycles. The molecule has 1 aliphatic heterocycles. The summed E-state index contributed by atoms with van der Waals surface area (Å²) >= 11 is 0. The van der Waals surface area contributed by atoms with Crippen molar-refractivity contribution < 1.29 is 9.50 Å². The summed E-state index contributed by atoms with van der Waals surface area (Å²) in [5, 5.41) is 10.1. The number of aromatic nitrogens is 2. The van der Waals surface area contributed by atoms with Crippen LogP contribution in [0.2, 0.25) is 0 Å². The van der Waals surface area contributed by atoms with Crippen molar-refractivity contribution in [1.29, 1.82) is 0 Å². The molecule has 0 aliphatic carbocycles. The number of hydrogen-bond donors (Lipinski definition) is 1. The molecule has 1 saturated heterocycles. The number of aliphatic hydroxyl groups is 1. The summed E-state index contributed by atoms with van der Waals surface area (Å²) in [5.41, 5.74) is 2.91. The van der Waals surface area contributed by atoms with Crippen LogP contribution in [0.3, 0.4) is 0 Å². The quantitative estimate of drug-likeness (QED) is 0.937. The van der Waals surface area contributed by atoms with Crippen LogP contribution < -0.4 is 4.90 Å². The van der Waals surface area contributed by atoms with Gasteiger partial charge >= 0.3 is 0 Å². The van der Waals surface area contributed by atoms with Gasteiger partial charge < -0.3 is 10.0 Å². The minimum Gasteiger partial charge on any atom is -0.396 e. The molecule has 1 aromatic carbocycles. The average Bonchev–Trinajstić information content (AvgIpc) is 2.60. The number of nitrogens with zero attached hydrogens (tertiary/aromatic N) is 3. The number of aryl methyl sites for hydroxylation is 1. The van der Waals surface area contributed by atoms with Crippen molar-refractivity contribution in [3.63, 3.8) is 0 Å². The standard InChI is InChI=1S/C19H24FN3O/c1-14-15(2)21-13-22-18(14)23-9-3-8-19(11-23,12-24)10-16-4-6-17(20)7-5-16/h4-7,13,24H,3,8-12H2,1-2H3. The molecule has 0 radical (unpaired) electrons. The predicted molar refractivity (Wildman–Crippen MR) is 92.6 cm³/mol. The van der Waals surface area contributed by atoms with E-state index in [1.54, 1.807) is 6.33 Å². The van der Waals surface area contributed by atoms with Gasteiger partial charge in [-0.2, -0.15) is 0 Å². The fraction of sp³-hybridized carbons (Fsp3) is 0.474. The van der Waals surface area contributed by atoms with Crippen LogP contribution in [0.25, 0.3) is 0 Å². The molecule has 24 heavy (non-hydrogen) atoms. The molecule has 1 aliphatic rings. The summed E-state index contributed by atoms with van der Waals surface area (Å²) in [6.07, 6.45) is 4.31. The minimum atomic E-state index is -0.228. The highest BCUT2D eigenvalue weighted by atomic mass is 19.1. The van der Waals surface area contributed by atoms with Gasteiger partial charge in [-0.05, 0) is 50.8 Å². The second-order valence-corrected chi connectivity index (χ2v) is 6.89. The van der Waals surface area contributed by atoms with Gasteiger partial charge in [-0.15, -0.1) is 0 Å². The van der Waals surface area contributed by atoms with E-state index in [1.807, 2.05) is 26.0 Å².